The van der Waals surface area contributed by atoms with Crippen LogP contribution in [0.1, 0.15) is 25.7 Å². The van der Waals surface area contributed by atoms with E-state index in [9.17, 15) is 0 Å². The molecule has 0 unspecified atom stereocenters. The molecule has 80 valence electrons. The number of aliphatic imine (C=N–C) groups is 1. The highest BCUT2D eigenvalue weighted by Crippen LogP contribution is 2.24. The van der Waals surface area contributed by atoms with Gasteiger partial charge in [0.2, 0.25) is 0 Å². The molecule has 0 aromatic heterocycles. The summed E-state index contributed by atoms with van der Waals surface area (Å²) in [5.74, 6) is 1.18. The minimum Gasteiger partial charge on any atom is -0.396 e. The van der Waals surface area contributed by atoms with Crippen LogP contribution in [0.4, 0.5) is 0 Å². The zero-order valence-electron chi connectivity index (χ0n) is 8.52. The monoisotopic (exact) mass is 197 g/mol. The fraction of sp³-hybridized carbons (Fsp3) is 0.900. The maximum Gasteiger partial charge on any atom is 0.191 e. The number of rotatable bonds is 2. The van der Waals surface area contributed by atoms with Crippen LogP contribution in [0, 0.1) is 5.92 Å². The average Bonchev–Trinajstić information content (AvgIpc) is 3.02. The first kappa shape index (κ1) is 9.77. The van der Waals surface area contributed by atoms with Gasteiger partial charge in [-0.2, -0.15) is 0 Å². The second-order valence-corrected chi connectivity index (χ2v) is 4.33. The molecule has 4 heteroatoms. The van der Waals surface area contributed by atoms with E-state index in [4.69, 9.17) is 10.8 Å². The number of likely N-dealkylation sites (tertiary alicyclic amines) is 1. The number of hydrogen-bond acceptors (Lipinski definition) is 2. The Morgan fingerprint density at radius 1 is 1.29 bits per heavy atom. The molecule has 0 aromatic carbocycles. The minimum atomic E-state index is 0.313. The molecule has 1 heterocycles. The van der Waals surface area contributed by atoms with Gasteiger partial charge in [-0.3, -0.25) is 0 Å². The molecule has 1 aliphatic carbocycles. The number of aliphatic hydroxyl groups excluding tert-OH is 1. The van der Waals surface area contributed by atoms with Gasteiger partial charge in [-0.25, -0.2) is 4.99 Å². The summed E-state index contributed by atoms with van der Waals surface area (Å²) in [5.41, 5.74) is 5.89. The van der Waals surface area contributed by atoms with E-state index in [1.807, 2.05) is 0 Å². The van der Waals surface area contributed by atoms with Crippen LogP contribution in [-0.2, 0) is 0 Å². The van der Waals surface area contributed by atoms with E-state index in [1.165, 1.54) is 12.8 Å². The van der Waals surface area contributed by atoms with Crippen LogP contribution in [0.3, 0.4) is 0 Å². The number of aliphatic hydroxyl groups is 1. The van der Waals surface area contributed by atoms with Crippen molar-refractivity contribution in [2.24, 2.45) is 16.6 Å². The average molecular weight is 197 g/mol. The SMILES string of the molecule is NC(=NC1CC1)N1CCC(CO)CC1. The Labute approximate surface area is 84.8 Å². The van der Waals surface area contributed by atoms with E-state index < -0.39 is 0 Å². The summed E-state index contributed by atoms with van der Waals surface area (Å²) in [4.78, 5) is 6.56. The van der Waals surface area contributed by atoms with Gasteiger partial charge >= 0.3 is 0 Å². The van der Waals surface area contributed by atoms with Crippen LogP contribution in [0.25, 0.3) is 0 Å². The molecule has 2 aliphatic rings. The molecule has 0 bridgehead atoms. The van der Waals surface area contributed by atoms with Crippen molar-refractivity contribution in [2.45, 2.75) is 31.7 Å². The predicted molar refractivity (Wildman–Crippen MR) is 56.0 cm³/mol. The van der Waals surface area contributed by atoms with Crippen LogP contribution in [-0.4, -0.2) is 41.7 Å². The van der Waals surface area contributed by atoms with E-state index >= 15 is 0 Å². The maximum absolute atomic E-state index is 8.99. The molecule has 0 amide bonds. The Morgan fingerprint density at radius 3 is 2.43 bits per heavy atom. The zero-order valence-corrected chi connectivity index (χ0v) is 8.52. The molecule has 3 N–H and O–H groups in total. The third-order valence-electron chi connectivity index (χ3n) is 3.06. The molecular weight excluding hydrogens is 178 g/mol. The highest BCUT2D eigenvalue weighted by molar-refractivity contribution is 5.78. The first-order valence-electron chi connectivity index (χ1n) is 5.48. The normalized spacial score (nSPS) is 25.5. The van der Waals surface area contributed by atoms with Crippen molar-refractivity contribution >= 4 is 5.96 Å². The lowest BCUT2D eigenvalue weighted by Crippen LogP contribution is -2.43. The molecule has 2 fully saturated rings. The van der Waals surface area contributed by atoms with Gasteiger partial charge in [-0.15, -0.1) is 0 Å². The fourth-order valence-electron chi connectivity index (χ4n) is 1.82. The van der Waals surface area contributed by atoms with Crippen LogP contribution in [0.2, 0.25) is 0 Å². The van der Waals surface area contributed by atoms with Gasteiger partial charge in [0.15, 0.2) is 5.96 Å². The van der Waals surface area contributed by atoms with Gasteiger partial charge in [-0.05, 0) is 31.6 Å². The van der Waals surface area contributed by atoms with Crippen molar-refractivity contribution in [3.8, 4) is 0 Å². The maximum atomic E-state index is 8.99. The number of nitrogens with zero attached hydrogens (tertiary/aromatic N) is 2. The second kappa shape index (κ2) is 4.17. The molecule has 0 atom stereocenters. The van der Waals surface area contributed by atoms with Gasteiger partial charge in [-0.1, -0.05) is 0 Å². The Morgan fingerprint density at radius 2 is 1.93 bits per heavy atom. The summed E-state index contributed by atoms with van der Waals surface area (Å²) >= 11 is 0. The lowest BCUT2D eigenvalue weighted by Gasteiger charge is -2.31. The Hall–Kier alpha value is -0.770. The van der Waals surface area contributed by atoms with Crippen LogP contribution < -0.4 is 5.73 Å². The topological polar surface area (TPSA) is 61.8 Å². The second-order valence-electron chi connectivity index (χ2n) is 4.33. The van der Waals surface area contributed by atoms with Crippen LogP contribution >= 0.6 is 0 Å². The fourth-order valence-corrected chi connectivity index (χ4v) is 1.82. The van der Waals surface area contributed by atoms with Crippen molar-refractivity contribution in [3.05, 3.63) is 0 Å². The largest absolute Gasteiger partial charge is 0.396 e. The molecule has 1 saturated carbocycles. The minimum absolute atomic E-state index is 0.313. The molecular formula is C10H19N3O. The van der Waals surface area contributed by atoms with Crippen molar-refractivity contribution in [1.29, 1.82) is 0 Å². The van der Waals surface area contributed by atoms with Crippen molar-refractivity contribution < 1.29 is 5.11 Å². The molecule has 0 radical (unpaired) electrons. The Kier molecular flexibility index (Phi) is 2.91. The summed E-state index contributed by atoms with van der Waals surface area (Å²) < 4.78 is 0. The summed E-state index contributed by atoms with van der Waals surface area (Å²) in [6.45, 7) is 2.22. The summed E-state index contributed by atoms with van der Waals surface area (Å²) in [5, 5.41) is 8.99. The van der Waals surface area contributed by atoms with Gasteiger partial charge in [0.05, 0.1) is 6.04 Å². The van der Waals surface area contributed by atoms with E-state index in [0.29, 0.717) is 24.5 Å². The number of guanidine groups is 1. The van der Waals surface area contributed by atoms with E-state index in [2.05, 4.69) is 9.89 Å². The first-order valence-corrected chi connectivity index (χ1v) is 5.48. The number of nitrogens with two attached hydrogens (primary N) is 1. The molecule has 1 aliphatic heterocycles. The smallest absolute Gasteiger partial charge is 0.191 e. The van der Waals surface area contributed by atoms with E-state index in [-0.39, 0.29) is 0 Å². The van der Waals surface area contributed by atoms with Crippen LogP contribution in [0.5, 0.6) is 0 Å². The lowest BCUT2D eigenvalue weighted by atomic mass is 9.98. The predicted octanol–water partition coefficient (Wildman–Crippen LogP) is 0.168. The molecule has 1 saturated heterocycles. The van der Waals surface area contributed by atoms with E-state index in [1.54, 1.807) is 0 Å². The third-order valence-corrected chi connectivity index (χ3v) is 3.06. The lowest BCUT2D eigenvalue weighted by molar-refractivity contribution is 0.165. The summed E-state index contributed by atoms with van der Waals surface area (Å²) in [6, 6.07) is 0.505. The number of piperidine rings is 1. The summed E-state index contributed by atoms with van der Waals surface area (Å²) in [7, 11) is 0. The Bertz CT molecular complexity index is 217. The highest BCUT2D eigenvalue weighted by atomic mass is 16.3. The molecule has 4 nitrogen and oxygen atoms in total. The quantitative estimate of drug-likeness (QED) is 0.490. The van der Waals surface area contributed by atoms with Gasteiger partial charge in [0.1, 0.15) is 0 Å². The van der Waals surface area contributed by atoms with E-state index in [0.717, 1.165) is 25.9 Å². The molecule has 2 rings (SSSR count). The summed E-state index contributed by atoms with van der Waals surface area (Å²) in [6.07, 6.45) is 4.48. The standard InChI is InChI=1S/C10H19N3O/c11-10(12-9-1-2-9)13-5-3-8(7-14)4-6-13/h8-9,14H,1-7H2,(H2,11,12). The van der Waals surface area contributed by atoms with Crippen molar-refractivity contribution in [1.82, 2.24) is 4.90 Å². The Balaban J connectivity index is 1.81. The number of hydrogen-bond donors (Lipinski definition) is 2. The van der Waals surface area contributed by atoms with Gasteiger partial charge in [0, 0.05) is 19.7 Å². The van der Waals surface area contributed by atoms with Crippen molar-refractivity contribution in [3.63, 3.8) is 0 Å². The third kappa shape index (κ3) is 2.38. The zero-order chi connectivity index (χ0) is 9.97. The van der Waals surface area contributed by atoms with Crippen molar-refractivity contribution in [2.75, 3.05) is 19.7 Å². The molecule has 14 heavy (non-hydrogen) atoms. The van der Waals surface area contributed by atoms with Gasteiger partial charge < -0.3 is 15.7 Å². The van der Waals surface area contributed by atoms with Crippen LogP contribution in [0.15, 0.2) is 4.99 Å². The molecule has 0 aromatic rings. The molecule has 0 spiro atoms. The highest BCUT2D eigenvalue weighted by Gasteiger charge is 2.24. The first-order chi connectivity index (χ1) is 6.79. The van der Waals surface area contributed by atoms with Gasteiger partial charge in [0.25, 0.3) is 0 Å².